The molecule has 1 aromatic rings. The predicted molar refractivity (Wildman–Crippen MR) is 72.9 cm³/mol. The van der Waals surface area contributed by atoms with E-state index >= 15 is 0 Å². The quantitative estimate of drug-likeness (QED) is 0.755. The summed E-state index contributed by atoms with van der Waals surface area (Å²) in [7, 11) is 0. The molecule has 1 aromatic heterocycles. The molecule has 0 aromatic carbocycles. The minimum Gasteiger partial charge on any atom is -0.396 e. The molecule has 4 N–H and O–H groups in total. The van der Waals surface area contributed by atoms with Gasteiger partial charge in [-0.25, -0.2) is 0 Å². The summed E-state index contributed by atoms with van der Waals surface area (Å²) in [5.41, 5.74) is 5.77. The van der Waals surface area contributed by atoms with Gasteiger partial charge in [-0.1, -0.05) is 0 Å². The number of aliphatic hydroxyl groups excluding tert-OH is 1. The highest BCUT2D eigenvalue weighted by Gasteiger charge is 2.15. The highest BCUT2D eigenvalue weighted by Crippen LogP contribution is 2.30. The van der Waals surface area contributed by atoms with E-state index in [-0.39, 0.29) is 18.7 Å². The van der Waals surface area contributed by atoms with Gasteiger partial charge in [0, 0.05) is 33.4 Å². The Morgan fingerprint density at radius 2 is 2.31 bits per heavy atom. The van der Waals surface area contributed by atoms with Gasteiger partial charge in [0.05, 0.1) is 6.04 Å². The lowest BCUT2D eigenvalue weighted by Crippen LogP contribution is -2.35. The van der Waals surface area contributed by atoms with Gasteiger partial charge in [-0.3, -0.25) is 0 Å². The van der Waals surface area contributed by atoms with E-state index in [0.29, 0.717) is 6.54 Å². The maximum absolute atomic E-state index is 8.86. The molecule has 5 heteroatoms. The molecule has 0 amide bonds. The highest BCUT2D eigenvalue weighted by molar-refractivity contribution is 9.10. The number of hydrogen-bond donors (Lipinski definition) is 3. The van der Waals surface area contributed by atoms with Crippen LogP contribution in [0.2, 0.25) is 0 Å². The summed E-state index contributed by atoms with van der Waals surface area (Å²) < 4.78 is 1.14. The Kier molecular flexibility index (Phi) is 5.92. The van der Waals surface area contributed by atoms with Crippen LogP contribution >= 0.6 is 27.3 Å². The molecule has 0 aliphatic carbocycles. The normalized spacial score (nSPS) is 15.1. The van der Waals surface area contributed by atoms with Crippen molar-refractivity contribution in [1.82, 2.24) is 5.32 Å². The zero-order valence-electron chi connectivity index (χ0n) is 9.66. The van der Waals surface area contributed by atoms with Gasteiger partial charge in [0.15, 0.2) is 0 Å². The number of halogens is 1. The van der Waals surface area contributed by atoms with Crippen molar-refractivity contribution in [3.8, 4) is 0 Å². The Bertz CT molecular complexity index is 310. The average Bonchev–Trinajstić information content (AvgIpc) is 2.56. The van der Waals surface area contributed by atoms with Crippen molar-refractivity contribution < 1.29 is 5.11 Å². The summed E-state index contributed by atoms with van der Waals surface area (Å²) in [5.74, 6) is 0. The molecule has 0 saturated heterocycles. The van der Waals surface area contributed by atoms with Gasteiger partial charge in [-0.2, -0.15) is 0 Å². The van der Waals surface area contributed by atoms with E-state index in [2.05, 4.69) is 41.2 Å². The van der Waals surface area contributed by atoms with Crippen LogP contribution in [0, 0.1) is 6.92 Å². The molecule has 3 nitrogen and oxygen atoms in total. The van der Waals surface area contributed by atoms with Crippen LogP contribution in [0.15, 0.2) is 10.5 Å². The van der Waals surface area contributed by atoms with Crippen LogP contribution in [0.4, 0.5) is 0 Å². The fourth-order valence-electron chi connectivity index (χ4n) is 1.54. The molecule has 0 saturated carbocycles. The molecule has 1 rings (SSSR count). The largest absolute Gasteiger partial charge is 0.396 e. The SMILES string of the molecule is Cc1sc(C(CN)NC(C)CCO)cc1Br. The fraction of sp³-hybridized carbons (Fsp3) is 0.636. The molecule has 2 atom stereocenters. The smallest absolute Gasteiger partial charge is 0.0541 e. The molecular formula is C11H19BrN2OS. The van der Waals surface area contributed by atoms with Crippen molar-refractivity contribution in [1.29, 1.82) is 0 Å². The summed E-state index contributed by atoms with van der Waals surface area (Å²) in [5, 5.41) is 12.3. The topological polar surface area (TPSA) is 58.3 Å². The molecule has 0 aliphatic heterocycles. The van der Waals surface area contributed by atoms with Crippen LogP contribution in [0.25, 0.3) is 0 Å². The highest BCUT2D eigenvalue weighted by atomic mass is 79.9. The van der Waals surface area contributed by atoms with E-state index in [9.17, 15) is 0 Å². The first kappa shape index (κ1) is 14.1. The van der Waals surface area contributed by atoms with Gasteiger partial charge >= 0.3 is 0 Å². The lowest BCUT2D eigenvalue weighted by Gasteiger charge is -2.20. The molecule has 0 bridgehead atoms. The molecular weight excluding hydrogens is 288 g/mol. The third-order valence-electron chi connectivity index (χ3n) is 2.50. The molecule has 92 valence electrons. The number of nitrogens with two attached hydrogens (primary N) is 1. The van der Waals surface area contributed by atoms with Gasteiger partial charge in [-0.15, -0.1) is 11.3 Å². The van der Waals surface area contributed by atoms with Crippen molar-refractivity contribution in [2.45, 2.75) is 32.4 Å². The first-order valence-corrected chi connectivity index (χ1v) is 7.02. The van der Waals surface area contributed by atoms with Crippen LogP contribution in [0.3, 0.4) is 0 Å². The number of hydrogen-bond acceptors (Lipinski definition) is 4. The van der Waals surface area contributed by atoms with E-state index in [4.69, 9.17) is 10.8 Å². The van der Waals surface area contributed by atoms with Crippen molar-refractivity contribution in [3.63, 3.8) is 0 Å². The van der Waals surface area contributed by atoms with Crippen molar-refractivity contribution >= 4 is 27.3 Å². The average molecular weight is 307 g/mol. The predicted octanol–water partition coefficient (Wildman–Crippen LogP) is 2.18. The van der Waals surface area contributed by atoms with E-state index in [1.54, 1.807) is 11.3 Å². The second-order valence-corrected chi connectivity index (χ2v) is 6.06. The van der Waals surface area contributed by atoms with E-state index in [0.717, 1.165) is 10.9 Å². The minimum absolute atomic E-state index is 0.177. The maximum atomic E-state index is 8.86. The van der Waals surface area contributed by atoms with E-state index < -0.39 is 0 Å². The summed E-state index contributed by atoms with van der Waals surface area (Å²) in [6.45, 7) is 4.93. The minimum atomic E-state index is 0.177. The van der Waals surface area contributed by atoms with Crippen molar-refractivity contribution in [2.75, 3.05) is 13.2 Å². The molecule has 0 aliphatic rings. The Morgan fingerprint density at radius 1 is 1.62 bits per heavy atom. The second kappa shape index (κ2) is 6.71. The van der Waals surface area contributed by atoms with E-state index in [1.165, 1.54) is 9.75 Å². The number of nitrogens with one attached hydrogen (secondary N) is 1. The molecule has 0 spiro atoms. The molecule has 16 heavy (non-hydrogen) atoms. The van der Waals surface area contributed by atoms with Gasteiger partial charge in [0.25, 0.3) is 0 Å². The Morgan fingerprint density at radius 3 is 2.75 bits per heavy atom. The van der Waals surface area contributed by atoms with Crippen molar-refractivity contribution in [2.24, 2.45) is 5.73 Å². The number of aliphatic hydroxyl groups is 1. The van der Waals surface area contributed by atoms with Crippen LogP contribution in [0.5, 0.6) is 0 Å². The number of rotatable bonds is 6. The molecule has 1 heterocycles. The molecule has 2 unspecified atom stereocenters. The van der Waals surface area contributed by atoms with Gasteiger partial charge in [0.1, 0.15) is 0 Å². The Hall–Kier alpha value is 0.0600. The zero-order chi connectivity index (χ0) is 12.1. The van der Waals surface area contributed by atoms with Crippen LogP contribution in [0.1, 0.15) is 29.1 Å². The molecule has 0 fully saturated rings. The van der Waals surface area contributed by atoms with Crippen LogP contribution in [-0.4, -0.2) is 24.3 Å². The Balaban J connectivity index is 2.67. The van der Waals surface area contributed by atoms with Crippen molar-refractivity contribution in [3.05, 3.63) is 20.3 Å². The summed E-state index contributed by atoms with van der Waals surface area (Å²) >= 11 is 5.27. The lowest BCUT2D eigenvalue weighted by molar-refractivity contribution is 0.264. The van der Waals surface area contributed by atoms with Gasteiger partial charge in [-0.05, 0) is 42.3 Å². The summed E-state index contributed by atoms with van der Waals surface area (Å²) in [4.78, 5) is 2.52. The fourth-order valence-corrected chi connectivity index (χ4v) is 3.17. The zero-order valence-corrected chi connectivity index (χ0v) is 12.1. The number of aryl methyl sites for hydroxylation is 1. The number of thiophene rings is 1. The third-order valence-corrected chi connectivity index (χ3v) is 4.75. The van der Waals surface area contributed by atoms with Gasteiger partial charge < -0.3 is 16.2 Å². The standard InChI is InChI=1S/C11H19BrN2OS/c1-7(3-4-15)14-10(6-13)11-5-9(12)8(2)16-11/h5,7,10,14-15H,3-4,6,13H2,1-2H3. The second-order valence-electron chi connectivity index (χ2n) is 3.92. The van der Waals surface area contributed by atoms with Gasteiger partial charge in [0.2, 0.25) is 0 Å². The Labute approximate surface area is 109 Å². The summed E-state index contributed by atoms with van der Waals surface area (Å²) in [6.07, 6.45) is 0.752. The monoisotopic (exact) mass is 306 g/mol. The lowest BCUT2D eigenvalue weighted by atomic mass is 10.2. The van der Waals surface area contributed by atoms with E-state index in [1.807, 2.05) is 0 Å². The third kappa shape index (κ3) is 3.82. The van der Waals surface area contributed by atoms with Crippen LogP contribution in [-0.2, 0) is 0 Å². The summed E-state index contributed by atoms with van der Waals surface area (Å²) in [6, 6.07) is 2.58. The molecule has 0 radical (unpaired) electrons. The maximum Gasteiger partial charge on any atom is 0.0541 e. The first-order chi connectivity index (χ1) is 7.58. The first-order valence-electron chi connectivity index (χ1n) is 5.41. The van der Waals surface area contributed by atoms with Crippen LogP contribution < -0.4 is 11.1 Å².